The maximum absolute atomic E-state index is 12.3. The molecule has 1 aliphatic rings. The molecule has 2 rings (SSSR count). The molecule has 0 radical (unpaired) electrons. The molecule has 1 aromatic carbocycles. The minimum atomic E-state index is -0.463. The van der Waals surface area contributed by atoms with Gasteiger partial charge in [0.2, 0.25) is 0 Å². The van der Waals surface area contributed by atoms with E-state index in [4.69, 9.17) is 23.2 Å². The second-order valence-corrected chi connectivity index (χ2v) is 6.38. The molecule has 3 atom stereocenters. The van der Waals surface area contributed by atoms with Crippen LogP contribution in [0.15, 0.2) is 18.2 Å². The third kappa shape index (κ3) is 3.82. The number of benzene rings is 1. The van der Waals surface area contributed by atoms with E-state index in [1.54, 1.807) is 17.0 Å². The number of halogens is 2. The van der Waals surface area contributed by atoms with Gasteiger partial charge in [-0.3, -0.25) is 0 Å². The van der Waals surface area contributed by atoms with Gasteiger partial charge in [0.05, 0.1) is 22.2 Å². The van der Waals surface area contributed by atoms with Crippen molar-refractivity contribution in [3.63, 3.8) is 0 Å². The summed E-state index contributed by atoms with van der Waals surface area (Å²) in [6.07, 6.45) is 0.343. The average Bonchev–Trinajstić information content (AvgIpc) is 2.44. The van der Waals surface area contributed by atoms with Crippen molar-refractivity contribution in [1.82, 2.24) is 10.2 Å². The Morgan fingerprint density at radius 2 is 2.19 bits per heavy atom. The van der Waals surface area contributed by atoms with E-state index in [9.17, 15) is 9.90 Å². The van der Waals surface area contributed by atoms with Crippen molar-refractivity contribution in [3.8, 4) is 0 Å². The Bertz CT molecular complexity index is 524. The molecule has 0 spiro atoms. The van der Waals surface area contributed by atoms with Crippen LogP contribution in [0.5, 0.6) is 0 Å². The molecule has 2 N–H and O–H groups in total. The SMILES string of the molecule is CC(NC(=O)N1CCC(C)C(O)C1)c1cccc(Cl)c1Cl. The number of carbonyl (C=O) groups is 1. The molecule has 1 heterocycles. The van der Waals surface area contributed by atoms with Gasteiger partial charge in [-0.2, -0.15) is 0 Å². The minimum Gasteiger partial charge on any atom is -0.391 e. The summed E-state index contributed by atoms with van der Waals surface area (Å²) in [5, 5.41) is 13.7. The van der Waals surface area contributed by atoms with Crippen molar-refractivity contribution in [2.45, 2.75) is 32.4 Å². The van der Waals surface area contributed by atoms with E-state index in [1.165, 1.54) is 0 Å². The van der Waals surface area contributed by atoms with E-state index in [1.807, 2.05) is 19.9 Å². The first kappa shape index (κ1) is 16.4. The van der Waals surface area contributed by atoms with Gasteiger partial charge in [-0.1, -0.05) is 42.3 Å². The van der Waals surface area contributed by atoms with Gasteiger partial charge in [-0.15, -0.1) is 0 Å². The fourth-order valence-corrected chi connectivity index (χ4v) is 2.91. The number of urea groups is 1. The highest BCUT2D eigenvalue weighted by Gasteiger charge is 2.28. The molecule has 21 heavy (non-hydrogen) atoms. The molecule has 0 aliphatic carbocycles. The summed E-state index contributed by atoms with van der Waals surface area (Å²) in [4.78, 5) is 13.9. The molecule has 4 nitrogen and oxygen atoms in total. The maximum Gasteiger partial charge on any atom is 0.317 e. The zero-order chi connectivity index (χ0) is 15.6. The number of carbonyl (C=O) groups excluding carboxylic acids is 1. The molecule has 6 heteroatoms. The summed E-state index contributed by atoms with van der Waals surface area (Å²) in [5.74, 6) is 0.230. The van der Waals surface area contributed by atoms with Gasteiger partial charge in [0.25, 0.3) is 0 Å². The van der Waals surface area contributed by atoms with Gasteiger partial charge >= 0.3 is 6.03 Å². The van der Waals surface area contributed by atoms with E-state index in [0.29, 0.717) is 23.1 Å². The number of hydrogen-bond acceptors (Lipinski definition) is 2. The number of hydrogen-bond donors (Lipinski definition) is 2. The molecule has 2 amide bonds. The van der Waals surface area contributed by atoms with Gasteiger partial charge in [-0.05, 0) is 30.9 Å². The van der Waals surface area contributed by atoms with Crippen LogP contribution in [0.3, 0.4) is 0 Å². The van der Waals surface area contributed by atoms with Crippen molar-refractivity contribution < 1.29 is 9.90 Å². The third-order valence-electron chi connectivity index (χ3n) is 3.99. The molecule has 0 bridgehead atoms. The predicted molar refractivity (Wildman–Crippen MR) is 84.8 cm³/mol. The monoisotopic (exact) mass is 330 g/mol. The summed E-state index contributed by atoms with van der Waals surface area (Å²) < 4.78 is 0. The number of amides is 2. The second kappa shape index (κ2) is 6.86. The van der Waals surface area contributed by atoms with Crippen molar-refractivity contribution in [2.24, 2.45) is 5.92 Å². The Labute approximate surface area is 135 Å². The van der Waals surface area contributed by atoms with Gasteiger partial charge in [-0.25, -0.2) is 4.79 Å². The quantitative estimate of drug-likeness (QED) is 0.872. The highest BCUT2D eigenvalue weighted by atomic mass is 35.5. The van der Waals surface area contributed by atoms with Crippen molar-refractivity contribution in [2.75, 3.05) is 13.1 Å². The molecule has 1 saturated heterocycles. The van der Waals surface area contributed by atoms with Crippen LogP contribution in [0.1, 0.15) is 31.9 Å². The van der Waals surface area contributed by atoms with Crippen LogP contribution in [-0.2, 0) is 0 Å². The molecule has 1 fully saturated rings. The van der Waals surface area contributed by atoms with E-state index < -0.39 is 6.10 Å². The number of aliphatic hydroxyl groups excluding tert-OH is 1. The first-order chi connectivity index (χ1) is 9.90. The number of likely N-dealkylation sites (tertiary alicyclic amines) is 1. The lowest BCUT2D eigenvalue weighted by molar-refractivity contribution is 0.0431. The lowest BCUT2D eigenvalue weighted by Crippen LogP contribution is -2.50. The van der Waals surface area contributed by atoms with Crippen LogP contribution < -0.4 is 5.32 Å². The molecule has 1 aliphatic heterocycles. The van der Waals surface area contributed by atoms with Crippen LogP contribution in [0.4, 0.5) is 4.79 Å². The summed E-state index contributed by atoms with van der Waals surface area (Å²) in [5.41, 5.74) is 0.781. The Morgan fingerprint density at radius 3 is 2.86 bits per heavy atom. The largest absolute Gasteiger partial charge is 0.391 e. The van der Waals surface area contributed by atoms with Crippen LogP contribution in [0.2, 0.25) is 10.0 Å². The lowest BCUT2D eigenvalue weighted by atomic mass is 9.96. The zero-order valence-electron chi connectivity index (χ0n) is 12.1. The fourth-order valence-electron chi connectivity index (χ4n) is 2.44. The summed E-state index contributed by atoms with van der Waals surface area (Å²) in [7, 11) is 0. The van der Waals surface area contributed by atoms with Gasteiger partial charge < -0.3 is 15.3 Å². The Morgan fingerprint density at radius 1 is 1.48 bits per heavy atom. The van der Waals surface area contributed by atoms with Crippen LogP contribution >= 0.6 is 23.2 Å². The summed E-state index contributed by atoms with van der Waals surface area (Å²) >= 11 is 12.2. The van der Waals surface area contributed by atoms with E-state index in [2.05, 4.69) is 5.32 Å². The van der Waals surface area contributed by atoms with Gasteiger partial charge in [0, 0.05) is 13.1 Å². The van der Waals surface area contributed by atoms with Crippen LogP contribution in [-0.4, -0.2) is 35.2 Å². The van der Waals surface area contributed by atoms with Crippen LogP contribution in [0.25, 0.3) is 0 Å². The minimum absolute atomic E-state index is 0.190. The van der Waals surface area contributed by atoms with Gasteiger partial charge in [0.1, 0.15) is 0 Å². The Hall–Kier alpha value is -0.970. The van der Waals surface area contributed by atoms with Crippen molar-refractivity contribution in [1.29, 1.82) is 0 Å². The second-order valence-electron chi connectivity index (χ2n) is 5.59. The zero-order valence-corrected chi connectivity index (χ0v) is 13.7. The van der Waals surface area contributed by atoms with Crippen LogP contribution in [0, 0.1) is 5.92 Å². The fraction of sp³-hybridized carbons (Fsp3) is 0.533. The molecule has 0 aromatic heterocycles. The normalized spacial score (nSPS) is 23.8. The predicted octanol–water partition coefficient (Wildman–Crippen LogP) is 3.47. The average molecular weight is 331 g/mol. The number of β-amino-alcohol motifs (C(OH)–C–C–N with tert-alkyl or cyclic N) is 1. The smallest absolute Gasteiger partial charge is 0.317 e. The number of nitrogens with zero attached hydrogens (tertiary/aromatic N) is 1. The highest BCUT2D eigenvalue weighted by Crippen LogP contribution is 2.30. The van der Waals surface area contributed by atoms with E-state index in [-0.39, 0.29) is 18.0 Å². The van der Waals surface area contributed by atoms with E-state index in [0.717, 1.165) is 12.0 Å². The lowest BCUT2D eigenvalue weighted by Gasteiger charge is -2.35. The molecule has 1 aromatic rings. The summed E-state index contributed by atoms with van der Waals surface area (Å²) in [6.45, 7) is 4.87. The maximum atomic E-state index is 12.3. The Balaban J connectivity index is 2.01. The highest BCUT2D eigenvalue weighted by molar-refractivity contribution is 6.42. The topological polar surface area (TPSA) is 52.6 Å². The third-order valence-corrected chi connectivity index (χ3v) is 4.83. The standard InChI is InChI=1S/C15H20Cl2N2O2/c1-9-6-7-19(8-13(9)20)15(21)18-10(2)11-4-3-5-12(16)14(11)17/h3-5,9-10,13,20H,6-8H2,1-2H3,(H,18,21). The first-order valence-electron chi connectivity index (χ1n) is 7.07. The molecule has 3 unspecified atom stereocenters. The van der Waals surface area contributed by atoms with E-state index >= 15 is 0 Å². The molecular weight excluding hydrogens is 311 g/mol. The molecule has 116 valence electrons. The summed E-state index contributed by atoms with van der Waals surface area (Å²) in [6, 6.07) is 4.92. The number of rotatable bonds is 2. The first-order valence-corrected chi connectivity index (χ1v) is 7.83. The Kier molecular flexibility index (Phi) is 5.36. The number of piperidine rings is 1. The number of nitrogens with one attached hydrogen (secondary N) is 1. The van der Waals surface area contributed by atoms with Crippen molar-refractivity contribution >= 4 is 29.2 Å². The molecule has 0 saturated carbocycles. The van der Waals surface area contributed by atoms with Gasteiger partial charge in [0.15, 0.2) is 0 Å². The van der Waals surface area contributed by atoms with Crippen molar-refractivity contribution in [3.05, 3.63) is 33.8 Å². The number of aliphatic hydroxyl groups is 1. The molecular formula is C15H20Cl2N2O2.